The monoisotopic (exact) mass is 462 g/mol. The van der Waals surface area contributed by atoms with E-state index in [0.29, 0.717) is 38.7 Å². The zero-order valence-electron chi connectivity index (χ0n) is 14.5. The molecule has 1 amide bonds. The number of carbonyl (C=O) groups excluding carboxylic acids is 1. The normalized spacial score (nSPS) is 13.5. The average Bonchev–Trinajstić information content (AvgIpc) is 2.58. The number of fused-ring (bicyclic) bond motifs is 1. The van der Waals surface area contributed by atoms with Crippen LogP contribution in [0.25, 0.3) is 0 Å². The maximum Gasteiger partial charge on any atom is 0.224 e. The van der Waals surface area contributed by atoms with Gasteiger partial charge < -0.3 is 25.8 Å². The Morgan fingerprint density at radius 1 is 1.36 bits per heavy atom. The van der Waals surface area contributed by atoms with Crippen LogP contribution in [0, 0.1) is 0 Å². The van der Waals surface area contributed by atoms with Crippen LogP contribution in [-0.2, 0) is 16.0 Å². The highest BCUT2D eigenvalue weighted by Gasteiger charge is 2.14. The number of hydrogen-bond acceptors (Lipinski definition) is 4. The number of nitrogens with zero attached hydrogens (tertiary/aromatic N) is 1. The van der Waals surface area contributed by atoms with Crippen LogP contribution in [-0.4, -0.2) is 44.8 Å². The van der Waals surface area contributed by atoms with Crippen molar-refractivity contribution in [2.24, 2.45) is 10.7 Å². The van der Waals surface area contributed by atoms with Gasteiger partial charge in [0.1, 0.15) is 12.4 Å². The Balaban J connectivity index is 0.00000312. The number of ether oxygens (including phenoxy) is 2. The van der Waals surface area contributed by atoms with Crippen molar-refractivity contribution in [2.75, 3.05) is 38.2 Å². The van der Waals surface area contributed by atoms with Gasteiger partial charge in [-0.1, -0.05) is 0 Å². The third kappa shape index (κ3) is 7.91. The van der Waals surface area contributed by atoms with Crippen molar-refractivity contribution < 1.29 is 14.3 Å². The van der Waals surface area contributed by atoms with Gasteiger partial charge in [-0.15, -0.1) is 24.0 Å². The molecule has 2 rings (SSSR count). The Bertz CT molecular complexity index is 581. The summed E-state index contributed by atoms with van der Waals surface area (Å²) in [6.45, 7) is 5.11. The number of guanidine groups is 1. The lowest BCUT2D eigenvalue weighted by Crippen LogP contribution is -2.34. The third-order valence-corrected chi connectivity index (χ3v) is 3.58. The number of aryl methyl sites for hydroxylation is 1. The van der Waals surface area contributed by atoms with Crippen LogP contribution in [0.4, 0.5) is 5.69 Å². The Hall–Kier alpha value is -1.55. The van der Waals surface area contributed by atoms with E-state index in [1.807, 2.05) is 25.1 Å². The Labute approximate surface area is 165 Å². The van der Waals surface area contributed by atoms with E-state index in [-0.39, 0.29) is 29.9 Å². The summed E-state index contributed by atoms with van der Waals surface area (Å²) in [5.74, 6) is 1.28. The van der Waals surface area contributed by atoms with Gasteiger partial charge >= 0.3 is 0 Å². The molecule has 25 heavy (non-hydrogen) atoms. The lowest BCUT2D eigenvalue weighted by molar-refractivity contribution is -0.116. The molecule has 0 atom stereocenters. The first-order valence-corrected chi connectivity index (χ1v) is 8.36. The minimum atomic E-state index is 0. The first kappa shape index (κ1) is 21.5. The van der Waals surface area contributed by atoms with Gasteiger partial charge in [0.25, 0.3) is 0 Å². The molecule has 1 heterocycles. The number of amides is 1. The molecular weight excluding hydrogens is 435 g/mol. The van der Waals surface area contributed by atoms with Crippen molar-refractivity contribution in [3.05, 3.63) is 23.8 Å². The first-order chi connectivity index (χ1) is 11.7. The lowest BCUT2D eigenvalue weighted by atomic mass is 10.0. The molecule has 0 saturated heterocycles. The third-order valence-electron chi connectivity index (χ3n) is 3.58. The smallest absolute Gasteiger partial charge is 0.224 e. The van der Waals surface area contributed by atoms with Crippen LogP contribution in [0.5, 0.6) is 5.75 Å². The number of benzene rings is 1. The quantitative estimate of drug-likeness (QED) is 0.226. The standard InChI is InChI=1S/C17H26N4O3.HI/c1-2-23-10-3-8-19-17(18)20-9-11-24-14-5-6-15-13(12-14)4-7-16(22)21-15;/h5-6,12H,2-4,7-11H2,1H3,(H,21,22)(H3,18,19,20);1H. The number of nitrogens with two attached hydrogens (primary N) is 1. The summed E-state index contributed by atoms with van der Waals surface area (Å²) in [4.78, 5) is 15.5. The van der Waals surface area contributed by atoms with Gasteiger partial charge in [0.2, 0.25) is 5.91 Å². The minimum absolute atomic E-state index is 0. The molecule has 1 aromatic rings. The molecule has 4 N–H and O–H groups in total. The molecule has 0 spiro atoms. The number of anilines is 1. The van der Waals surface area contributed by atoms with E-state index in [4.69, 9.17) is 15.2 Å². The molecule has 0 saturated carbocycles. The predicted molar refractivity (Wildman–Crippen MR) is 110 cm³/mol. The molecule has 0 aromatic heterocycles. The van der Waals surface area contributed by atoms with E-state index < -0.39 is 0 Å². The number of aliphatic imine (C=N–C) groups is 1. The lowest BCUT2D eigenvalue weighted by Gasteiger charge is -2.17. The van der Waals surface area contributed by atoms with E-state index >= 15 is 0 Å². The van der Waals surface area contributed by atoms with Crippen molar-refractivity contribution >= 4 is 41.5 Å². The summed E-state index contributed by atoms with van der Waals surface area (Å²) in [5.41, 5.74) is 7.76. The molecule has 0 unspecified atom stereocenters. The van der Waals surface area contributed by atoms with Gasteiger partial charge in [-0.05, 0) is 43.5 Å². The van der Waals surface area contributed by atoms with Gasteiger partial charge in [-0.2, -0.15) is 0 Å². The van der Waals surface area contributed by atoms with Gasteiger partial charge in [0.15, 0.2) is 5.96 Å². The van der Waals surface area contributed by atoms with E-state index in [0.717, 1.165) is 36.4 Å². The summed E-state index contributed by atoms with van der Waals surface area (Å²) in [6, 6.07) is 5.71. The fourth-order valence-electron chi connectivity index (χ4n) is 2.36. The summed E-state index contributed by atoms with van der Waals surface area (Å²) in [7, 11) is 0. The fraction of sp³-hybridized carbons (Fsp3) is 0.529. The van der Waals surface area contributed by atoms with Gasteiger partial charge in [0.05, 0.1) is 6.54 Å². The van der Waals surface area contributed by atoms with Crippen LogP contribution in [0.1, 0.15) is 25.3 Å². The van der Waals surface area contributed by atoms with Crippen LogP contribution >= 0.6 is 24.0 Å². The highest BCUT2D eigenvalue weighted by molar-refractivity contribution is 14.0. The zero-order chi connectivity index (χ0) is 17.2. The largest absolute Gasteiger partial charge is 0.492 e. The van der Waals surface area contributed by atoms with E-state index in [9.17, 15) is 4.79 Å². The number of halogens is 1. The number of nitrogens with one attached hydrogen (secondary N) is 2. The van der Waals surface area contributed by atoms with E-state index in [1.165, 1.54) is 0 Å². The van der Waals surface area contributed by atoms with Gasteiger partial charge in [-0.25, -0.2) is 0 Å². The van der Waals surface area contributed by atoms with Crippen LogP contribution in [0.15, 0.2) is 23.2 Å². The highest BCUT2D eigenvalue weighted by Crippen LogP contribution is 2.26. The van der Waals surface area contributed by atoms with Crippen molar-refractivity contribution in [2.45, 2.75) is 26.2 Å². The summed E-state index contributed by atoms with van der Waals surface area (Å²) in [6.07, 6.45) is 2.13. The summed E-state index contributed by atoms with van der Waals surface area (Å²) >= 11 is 0. The molecule has 1 aromatic carbocycles. The number of rotatable bonds is 9. The maximum absolute atomic E-state index is 11.3. The van der Waals surface area contributed by atoms with Crippen LogP contribution in [0.3, 0.4) is 0 Å². The highest BCUT2D eigenvalue weighted by atomic mass is 127. The van der Waals surface area contributed by atoms with Crippen LogP contribution < -0.4 is 21.1 Å². The molecule has 7 nitrogen and oxygen atoms in total. The second-order valence-corrected chi connectivity index (χ2v) is 5.46. The molecular formula is C17H27IN4O3. The SMILES string of the molecule is CCOCCCN=C(N)NCCOc1ccc2c(c1)CCC(=O)N2.I. The maximum atomic E-state index is 11.3. The number of hydrogen-bond donors (Lipinski definition) is 3. The zero-order valence-corrected chi connectivity index (χ0v) is 16.9. The van der Waals surface area contributed by atoms with Crippen molar-refractivity contribution in [3.8, 4) is 5.75 Å². The topological polar surface area (TPSA) is 98.0 Å². The van der Waals surface area contributed by atoms with Crippen LogP contribution in [0.2, 0.25) is 0 Å². The molecule has 1 aliphatic heterocycles. The number of carbonyl (C=O) groups is 1. The summed E-state index contributed by atoms with van der Waals surface area (Å²) in [5, 5.41) is 5.87. The molecule has 0 radical (unpaired) electrons. The second-order valence-electron chi connectivity index (χ2n) is 5.46. The molecule has 1 aliphatic rings. The van der Waals surface area contributed by atoms with Crippen molar-refractivity contribution in [1.29, 1.82) is 0 Å². The van der Waals surface area contributed by atoms with Crippen molar-refractivity contribution in [1.82, 2.24) is 5.32 Å². The Kier molecular flexibility index (Phi) is 10.2. The summed E-state index contributed by atoms with van der Waals surface area (Å²) < 4.78 is 10.9. The molecule has 0 fully saturated rings. The van der Waals surface area contributed by atoms with Gasteiger partial charge in [-0.3, -0.25) is 9.79 Å². The molecule has 0 bridgehead atoms. The Morgan fingerprint density at radius 2 is 2.20 bits per heavy atom. The van der Waals surface area contributed by atoms with E-state index in [2.05, 4.69) is 15.6 Å². The molecule has 0 aliphatic carbocycles. The fourth-order valence-corrected chi connectivity index (χ4v) is 2.36. The molecule has 8 heteroatoms. The van der Waals surface area contributed by atoms with Gasteiger partial charge in [0, 0.05) is 31.9 Å². The second kappa shape index (κ2) is 11.9. The first-order valence-electron chi connectivity index (χ1n) is 8.36. The predicted octanol–water partition coefficient (Wildman–Crippen LogP) is 1.90. The molecule has 140 valence electrons. The van der Waals surface area contributed by atoms with Crippen molar-refractivity contribution in [3.63, 3.8) is 0 Å². The van der Waals surface area contributed by atoms with E-state index in [1.54, 1.807) is 0 Å². The Morgan fingerprint density at radius 3 is 3.00 bits per heavy atom. The average molecular weight is 462 g/mol. The minimum Gasteiger partial charge on any atom is -0.492 e.